The summed E-state index contributed by atoms with van der Waals surface area (Å²) in [4.78, 5) is 11.2. The summed E-state index contributed by atoms with van der Waals surface area (Å²) in [6, 6.07) is 0.442. The van der Waals surface area contributed by atoms with Gasteiger partial charge in [0.2, 0.25) is 5.91 Å². The summed E-state index contributed by atoms with van der Waals surface area (Å²) in [7, 11) is 0. The summed E-state index contributed by atoms with van der Waals surface area (Å²) in [6.45, 7) is 10.8. The van der Waals surface area contributed by atoms with E-state index in [9.17, 15) is 4.79 Å². The third-order valence-electron chi connectivity index (χ3n) is 2.95. The fourth-order valence-electron chi connectivity index (χ4n) is 2.33. The van der Waals surface area contributed by atoms with Crippen LogP contribution < -0.4 is 5.32 Å². The van der Waals surface area contributed by atoms with Crippen molar-refractivity contribution in [2.75, 3.05) is 5.75 Å². The molecular formula is C12H23NOS. The lowest BCUT2D eigenvalue weighted by molar-refractivity contribution is -0.119. The van der Waals surface area contributed by atoms with Crippen molar-refractivity contribution in [1.82, 2.24) is 5.32 Å². The molecule has 2 aliphatic rings. The fourth-order valence-corrected chi connectivity index (χ4v) is 4.11. The minimum Gasteiger partial charge on any atom is -0.352 e. The van der Waals surface area contributed by atoms with E-state index in [1.165, 1.54) is 0 Å². The van der Waals surface area contributed by atoms with E-state index in [0.717, 1.165) is 12.2 Å². The predicted octanol–water partition coefficient (Wildman–Crippen LogP) is 2.68. The second kappa shape index (κ2) is 4.77. The molecule has 0 aromatic rings. The van der Waals surface area contributed by atoms with Gasteiger partial charge in [-0.3, -0.25) is 4.79 Å². The summed E-state index contributed by atoms with van der Waals surface area (Å²) in [5.41, 5.74) is 0.307. The lowest BCUT2D eigenvalue weighted by Crippen LogP contribution is -2.41. The molecule has 2 heterocycles. The molecule has 0 spiro atoms. The van der Waals surface area contributed by atoms with Crippen LogP contribution in [-0.4, -0.2) is 23.0 Å². The maximum Gasteiger partial charge on any atom is 0.220 e. The van der Waals surface area contributed by atoms with Crippen LogP contribution in [0.25, 0.3) is 0 Å². The normalized spacial score (nSPS) is 34.2. The van der Waals surface area contributed by atoms with Gasteiger partial charge in [0, 0.05) is 17.7 Å². The second-order valence-corrected chi connectivity index (χ2v) is 6.35. The Hall–Kier alpha value is -0.180. The number of hydrogen-bond donors (Lipinski definition) is 1. The zero-order valence-corrected chi connectivity index (χ0v) is 11.3. The third-order valence-corrected chi connectivity index (χ3v) is 4.93. The van der Waals surface area contributed by atoms with E-state index >= 15 is 0 Å². The lowest BCUT2D eigenvalue weighted by atomic mass is 9.84. The highest BCUT2D eigenvalue weighted by atomic mass is 32.2. The van der Waals surface area contributed by atoms with E-state index in [0.29, 0.717) is 22.6 Å². The van der Waals surface area contributed by atoms with Crippen molar-refractivity contribution in [3.05, 3.63) is 0 Å². The number of rotatable bonds is 0. The molecule has 88 valence electrons. The van der Waals surface area contributed by atoms with Gasteiger partial charge in [-0.2, -0.15) is 11.8 Å². The van der Waals surface area contributed by atoms with Crippen LogP contribution >= 0.6 is 11.8 Å². The summed E-state index contributed by atoms with van der Waals surface area (Å²) in [5, 5.41) is 3.71. The summed E-state index contributed by atoms with van der Waals surface area (Å²) < 4.78 is 0. The first-order valence-electron chi connectivity index (χ1n) is 5.89. The van der Waals surface area contributed by atoms with Gasteiger partial charge in [0.05, 0.1) is 0 Å². The number of carbonyl (C=O) groups is 1. The molecule has 2 rings (SSSR count). The molecule has 0 saturated carbocycles. The Kier molecular flexibility index (Phi) is 4.10. The average Bonchev–Trinajstić information content (AvgIpc) is 2.64. The number of carbonyl (C=O) groups excluding carboxylic acids is 1. The molecule has 0 aromatic heterocycles. The predicted molar refractivity (Wildman–Crippen MR) is 67.1 cm³/mol. The van der Waals surface area contributed by atoms with Crippen molar-refractivity contribution in [2.24, 2.45) is 11.3 Å². The van der Waals surface area contributed by atoms with Crippen molar-refractivity contribution in [2.45, 2.75) is 52.3 Å². The Morgan fingerprint density at radius 3 is 2.47 bits per heavy atom. The van der Waals surface area contributed by atoms with E-state index < -0.39 is 0 Å². The van der Waals surface area contributed by atoms with E-state index in [1.54, 1.807) is 0 Å². The topological polar surface area (TPSA) is 29.1 Å². The Morgan fingerprint density at radius 2 is 1.93 bits per heavy atom. The number of amides is 1. The number of thioether (sulfide) groups is 1. The average molecular weight is 229 g/mol. The van der Waals surface area contributed by atoms with E-state index in [-0.39, 0.29) is 5.91 Å². The molecule has 2 unspecified atom stereocenters. The minimum atomic E-state index is 0.254. The maximum atomic E-state index is 11.2. The van der Waals surface area contributed by atoms with Crippen molar-refractivity contribution < 1.29 is 4.79 Å². The highest BCUT2D eigenvalue weighted by Crippen LogP contribution is 2.45. The SMILES string of the molecule is CC.CC(C)(C)[C@@H]1SCC2CC(=O)NC21. The Morgan fingerprint density at radius 1 is 1.33 bits per heavy atom. The second-order valence-electron chi connectivity index (χ2n) is 5.18. The number of fused-ring (bicyclic) bond motifs is 1. The lowest BCUT2D eigenvalue weighted by Gasteiger charge is -2.30. The first kappa shape index (κ1) is 12.9. The Labute approximate surface area is 97.6 Å². The van der Waals surface area contributed by atoms with Crippen LogP contribution in [0.1, 0.15) is 41.0 Å². The van der Waals surface area contributed by atoms with E-state index in [1.807, 2.05) is 25.6 Å². The molecule has 0 aromatic carbocycles. The van der Waals surface area contributed by atoms with Crippen molar-refractivity contribution in [1.29, 1.82) is 0 Å². The Bertz CT molecular complexity index is 234. The third kappa shape index (κ3) is 2.68. The number of hydrogen-bond acceptors (Lipinski definition) is 2. The van der Waals surface area contributed by atoms with Crippen LogP contribution in [0.3, 0.4) is 0 Å². The minimum absolute atomic E-state index is 0.254. The fraction of sp³-hybridized carbons (Fsp3) is 0.917. The number of nitrogens with one attached hydrogen (secondary N) is 1. The highest BCUT2D eigenvalue weighted by molar-refractivity contribution is 8.00. The van der Waals surface area contributed by atoms with E-state index in [4.69, 9.17) is 0 Å². The molecule has 1 amide bonds. The molecule has 3 heteroatoms. The van der Waals surface area contributed by atoms with Crippen molar-refractivity contribution in [3.63, 3.8) is 0 Å². The van der Waals surface area contributed by atoms with Crippen LogP contribution in [0.5, 0.6) is 0 Å². The van der Waals surface area contributed by atoms with Crippen LogP contribution in [0.4, 0.5) is 0 Å². The quantitative estimate of drug-likeness (QED) is 0.692. The van der Waals surface area contributed by atoms with Gasteiger partial charge >= 0.3 is 0 Å². The molecule has 0 radical (unpaired) electrons. The summed E-state index contributed by atoms with van der Waals surface area (Å²) in [5.74, 6) is 2.01. The molecule has 1 N–H and O–H groups in total. The molecule has 2 nitrogen and oxygen atoms in total. The van der Waals surface area contributed by atoms with Gasteiger partial charge in [-0.1, -0.05) is 34.6 Å². The molecular weight excluding hydrogens is 206 g/mol. The summed E-state index contributed by atoms with van der Waals surface area (Å²) >= 11 is 2.03. The zero-order valence-electron chi connectivity index (χ0n) is 10.5. The smallest absolute Gasteiger partial charge is 0.220 e. The molecule has 2 aliphatic heterocycles. The Balaban J connectivity index is 0.000000531. The first-order chi connectivity index (χ1) is 6.98. The largest absolute Gasteiger partial charge is 0.352 e. The van der Waals surface area contributed by atoms with Gasteiger partial charge in [-0.05, 0) is 17.1 Å². The summed E-state index contributed by atoms with van der Waals surface area (Å²) in [6.07, 6.45) is 0.754. The van der Waals surface area contributed by atoms with Crippen molar-refractivity contribution >= 4 is 17.7 Å². The van der Waals surface area contributed by atoms with Gasteiger partial charge in [-0.15, -0.1) is 0 Å². The highest BCUT2D eigenvalue weighted by Gasteiger charge is 2.47. The van der Waals surface area contributed by atoms with Gasteiger partial charge in [0.15, 0.2) is 0 Å². The van der Waals surface area contributed by atoms with Crippen molar-refractivity contribution in [3.8, 4) is 0 Å². The van der Waals surface area contributed by atoms with Gasteiger partial charge in [0.1, 0.15) is 0 Å². The van der Waals surface area contributed by atoms with Crippen LogP contribution in [0.15, 0.2) is 0 Å². The standard InChI is InChI=1S/C10H17NOS.C2H6/c1-10(2,3)9-8-6(5-13-9)4-7(12)11-8;1-2/h6,8-9H,4-5H2,1-3H3,(H,11,12);1-2H3/t6?,8?,9-;/m1./s1. The molecule has 0 aliphatic carbocycles. The molecule has 2 saturated heterocycles. The first-order valence-corrected chi connectivity index (χ1v) is 6.94. The van der Waals surface area contributed by atoms with Gasteiger partial charge < -0.3 is 5.32 Å². The molecule has 0 bridgehead atoms. The molecule has 15 heavy (non-hydrogen) atoms. The van der Waals surface area contributed by atoms with Crippen LogP contribution in [0, 0.1) is 11.3 Å². The van der Waals surface area contributed by atoms with Crippen LogP contribution in [0.2, 0.25) is 0 Å². The monoisotopic (exact) mass is 229 g/mol. The van der Waals surface area contributed by atoms with E-state index in [2.05, 4.69) is 26.1 Å². The van der Waals surface area contributed by atoms with Gasteiger partial charge in [0.25, 0.3) is 0 Å². The zero-order chi connectivity index (χ0) is 11.6. The van der Waals surface area contributed by atoms with Gasteiger partial charge in [-0.25, -0.2) is 0 Å². The molecule has 2 fully saturated rings. The maximum absolute atomic E-state index is 11.2. The van der Waals surface area contributed by atoms with Crippen LogP contribution in [-0.2, 0) is 4.79 Å². The molecule has 3 atom stereocenters.